The highest BCUT2D eigenvalue weighted by molar-refractivity contribution is 6.31. The first-order valence-corrected chi connectivity index (χ1v) is 8.35. The van der Waals surface area contributed by atoms with Gasteiger partial charge in [0.15, 0.2) is 0 Å². The summed E-state index contributed by atoms with van der Waals surface area (Å²) >= 11 is 6.32. The number of nitrogens with one attached hydrogen (secondary N) is 1. The molecular weight excluding hydrogens is 322 g/mol. The van der Waals surface area contributed by atoms with Gasteiger partial charge in [0.05, 0.1) is 17.7 Å². The van der Waals surface area contributed by atoms with E-state index >= 15 is 0 Å². The molecule has 1 aliphatic rings. The van der Waals surface area contributed by atoms with Crippen molar-refractivity contribution in [3.05, 3.63) is 82.4 Å². The number of imidazole rings is 1. The lowest BCUT2D eigenvalue weighted by Gasteiger charge is -2.32. The predicted molar refractivity (Wildman–Crippen MR) is 94.1 cm³/mol. The molecular formula is C19H18ClN3O. The summed E-state index contributed by atoms with van der Waals surface area (Å²) in [5.74, 6) is 0.419. The number of phenolic OH excluding ortho intramolecular Hbond substituents is 1. The molecule has 2 heterocycles. The molecule has 24 heavy (non-hydrogen) atoms. The van der Waals surface area contributed by atoms with Crippen LogP contribution in [-0.2, 0) is 13.1 Å². The van der Waals surface area contributed by atoms with Gasteiger partial charge in [-0.1, -0.05) is 41.9 Å². The first-order valence-electron chi connectivity index (χ1n) is 7.97. The van der Waals surface area contributed by atoms with Crippen molar-refractivity contribution in [2.24, 2.45) is 0 Å². The van der Waals surface area contributed by atoms with Crippen molar-refractivity contribution in [2.45, 2.75) is 19.0 Å². The van der Waals surface area contributed by atoms with Gasteiger partial charge in [0.1, 0.15) is 5.75 Å². The van der Waals surface area contributed by atoms with Crippen molar-refractivity contribution < 1.29 is 5.11 Å². The van der Waals surface area contributed by atoms with E-state index in [1.54, 1.807) is 12.4 Å². The summed E-state index contributed by atoms with van der Waals surface area (Å²) in [5, 5.41) is 10.6. The first kappa shape index (κ1) is 15.2. The third-order valence-corrected chi connectivity index (χ3v) is 4.90. The summed E-state index contributed by atoms with van der Waals surface area (Å²) in [6.45, 7) is 2.44. The van der Waals surface area contributed by atoms with Crippen LogP contribution in [-0.4, -0.2) is 26.5 Å². The Kier molecular flexibility index (Phi) is 4.00. The van der Waals surface area contributed by atoms with E-state index in [0.717, 1.165) is 47.2 Å². The third kappa shape index (κ3) is 2.90. The molecule has 2 N–H and O–H groups in total. The normalized spacial score (nSPS) is 17.6. The third-order valence-electron chi connectivity index (χ3n) is 4.53. The maximum absolute atomic E-state index is 9.82. The van der Waals surface area contributed by atoms with E-state index in [4.69, 9.17) is 11.6 Å². The quantitative estimate of drug-likeness (QED) is 0.760. The standard InChI is InChI=1S/C19H18ClN3O/c20-17-7-2-1-4-14(17)9-23-10-16(13-5-3-6-15(24)8-13)19-18(11-23)21-12-22-19/h1-8,12,16,24H,9-11H2,(H,21,22). The van der Waals surface area contributed by atoms with E-state index in [1.165, 1.54) is 0 Å². The molecule has 4 rings (SSSR count). The van der Waals surface area contributed by atoms with Crippen molar-refractivity contribution in [1.82, 2.24) is 14.9 Å². The number of nitrogens with zero attached hydrogens (tertiary/aromatic N) is 2. The van der Waals surface area contributed by atoms with Crippen LogP contribution in [0.15, 0.2) is 54.9 Å². The largest absolute Gasteiger partial charge is 0.508 e. The molecule has 0 fully saturated rings. The number of aromatic amines is 1. The van der Waals surface area contributed by atoms with Crippen LogP contribution in [0.4, 0.5) is 0 Å². The lowest BCUT2D eigenvalue weighted by Crippen LogP contribution is -2.33. The summed E-state index contributed by atoms with van der Waals surface area (Å²) in [6, 6.07) is 15.4. The zero-order valence-electron chi connectivity index (χ0n) is 13.1. The number of benzene rings is 2. The minimum atomic E-state index is 0.134. The van der Waals surface area contributed by atoms with Crippen LogP contribution in [0.3, 0.4) is 0 Å². The van der Waals surface area contributed by atoms with Gasteiger partial charge in [-0.25, -0.2) is 4.98 Å². The van der Waals surface area contributed by atoms with Crippen LogP contribution in [0.1, 0.15) is 28.4 Å². The monoisotopic (exact) mass is 339 g/mol. The highest BCUT2D eigenvalue weighted by atomic mass is 35.5. The Labute approximate surface area is 145 Å². The molecule has 0 saturated carbocycles. The van der Waals surface area contributed by atoms with Gasteiger partial charge in [-0.15, -0.1) is 0 Å². The van der Waals surface area contributed by atoms with Gasteiger partial charge < -0.3 is 10.1 Å². The molecule has 0 bridgehead atoms. The van der Waals surface area contributed by atoms with Crippen molar-refractivity contribution >= 4 is 11.6 Å². The van der Waals surface area contributed by atoms with Crippen LogP contribution in [0.2, 0.25) is 5.02 Å². The molecule has 4 nitrogen and oxygen atoms in total. The highest BCUT2D eigenvalue weighted by Gasteiger charge is 2.29. The molecule has 1 aromatic heterocycles. The number of phenols is 1. The lowest BCUT2D eigenvalue weighted by atomic mass is 9.90. The van der Waals surface area contributed by atoms with Crippen molar-refractivity contribution in [2.75, 3.05) is 6.54 Å². The topological polar surface area (TPSA) is 52.1 Å². The van der Waals surface area contributed by atoms with Crippen molar-refractivity contribution in [3.8, 4) is 5.75 Å². The predicted octanol–water partition coefficient (Wildman–Crippen LogP) is 3.92. The second-order valence-electron chi connectivity index (χ2n) is 6.17. The van der Waals surface area contributed by atoms with E-state index in [9.17, 15) is 5.11 Å². The SMILES string of the molecule is Oc1cccc(C2CN(Cc3ccccc3Cl)Cc3[nH]cnc32)c1. The van der Waals surface area contributed by atoms with E-state index < -0.39 is 0 Å². The fourth-order valence-electron chi connectivity index (χ4n) is 3.38. The minimum absolute atomic E-state index is 0.134. The molecule has 0 saturated heterocycles. The zero-order valence-corrected chi connectivity index (χ0v) is 13.9. The van der Waals surface area contributed by atoms with E-state index in [0.29, 0.717) is 0 Å². The smallest absolute Gasteiger partial charge is 0.115 e. The second kappa shape index (κ2) is 6.30. The molecule has 1 unspecified atom stereocenters. The molecule has 1 aliphatic heterocycles. The van der Waals surface area contributed by atoms with Crippen LogP contribution >= 0.6 is 11.6 Å². The van der Waals surface area contributed by atoms with Crippen LogP contribution in [0, 0.1) is 0 Å². The summed E-state index contributed by atoms with van der Waals surface area (Å²) in [4.78, 5) is 10.1. The molecule has 5 heteroatoms. The maximum Gasteiger partial charge on any atom is 0.115 e. The number of rotatable bonds is 3. The van der Waals surface area contributed by atoms with Crippen LogP contribution < -0.4 is 0 Å². The van der Waals surface area contributed by atoms with E-state index in [1.807, 2.05) is 36.4 Å². The number of hydrogen-bond acceptors (Lipinski definition) is 3. The number of aromatic hydroxyl groups is 1. The number of halogens is 1. The summed E-state index contributed by atoms with van der Waals surface area (Å²) in [6.07, 6.45) is 1.75. The Bertz CT molecular complexity index is 861. The highest BCUT2D eigenvalue weighted by Crippen LogP contribution is 2.33. The summed E-state index contributed by atoms with van der Waals surface area (Å²) in [7, 11) is 0. The Morgan fingerprint density at radius 2 is 2.08 bits per heavy atom. The van der Waals surface area contributed by atoms with Gasteiger partial charge in [0, 0.05) is 30.6 Å². The molecule has 0 amide bonds. The second-order valence-corrected chi connectivity index (χ2v) is 6.58. The van der Waals surface area contributed by atoms with Gasteiger partial charge in [0.25, 0.3) is 0 Å². The molecule has 2 aromatic carbocycles. The van der Waals surface area contributed by atoms with Gasteiger partial charge in [-0.05, 0) is 29.3 Å². The minimum Gasteiger partial charge on any atom is -0.508 e. The Morgan fingerprint density at radius 1 is 1.21 bits per heavy atom. The lowest BCUT2D eigenvalue weighted by molar-refractivity contribution is 0.227. The molecule has 0 aliphatic carbocycles. The maximum atomic E-state index is 9.82. The summed E-state index contributed by atoms with van der Waals surface area (Å²) < 4.78 is 0. The zero-order chi connectivity index (χ0) is 16.5. The van der Waals surface area contributed by atoms with Crippen molar-refractivity contribution in [1.29, 1.82) is 0 Å². The van der Waals surface area contributed by atoms with Crippen LogP contribution in [0.5, 0.6) is 5.75 Å². The Hall–Kier alpha value is -2.30. The number of hydrogen-bond donors (Lipinski definition) is 2. The molecule has 3 aromatic rings. The average Bonchev–Trinajstić information content (AvgIpc) is 3.05. The molecule has 1 atom stereocenters. The molecule has 0 radical (unpaired) electrons. The first-order chi connectivity index (χ1) is 11.7. The molecule has 122 valence electrons. The Balaban J connectivity index is 1.65. The Morgan fingerprint density at radius 3 is 2.92 bits per heavy atom. The van der Waals surface area contributed by atoms with E-state index in [2.05, 4.69) is 20.9 Å². The van der Waals surface area contributed by atoms with E-state index in [-0.39, 0.29) is 11.7 Å². The number of aromatic nitrogens is 2. The van der Waals surface area contributed by atoms with Crippen molar-refractivity contribution in [3.63, 3.8) is 0 Å². The van der Waals surface area contributed by atoms with Gasteiger partial charge in [-0.2, -0.15) is 0 Å². The average molecular weight is 340 g/mol. The van der Waals surface area contributed by atoms with Crippen LogP contribution in [0.25, 0.3) is 0 Å². The number of fused-ring (bicyclic) bond motifs is 1. The molecule has 0 spiro atoms. The summed E-state index contributed by atoms with van der Waals surface area (Å²) in [5.41, 5.74) is 4.39. The van der Waals surface area contributed by atoms with Gasteiger partial charge >= 0.3 is 0 Å². The van der Waals surface area contributed by atoms with Gasteiger partial charge in [0.2, 0.25) is 0 Å². The number of H-pyrrole nitrogens is 1. The van der Waals surface area contributed by atoms with Gasteiger partial charge in [-0.3, -0.25) is 4.90 Å². The fourth-order valence-corrected chi connectivity index (χ4v) is 3.58. The fraction of sp³-hybridized carbons (Fsp3) is 0.211.